The van der Waals surface area contributed by atoms with E-state index in [1.54, 1.807) is 6.20 Å². The average Bonchev–Trinajstić information content (AvgIpc) is 4.05. The molecule has 13 rings (SSSR count). The molecule has 0 unspecified atom stereocenters. The summed E-state index contributed by atoms with van der Waals surface area (Å²) in [5, 5.41) is 5.90. The van der Waals surface area contributed by atoms with Crippen LogP contribution in [-0.4, -0.2) is 24.3 Å². The van der Waals surface area contributed by atoms with Crippen LogP contribution in [0.5, 0.6) is 11.5 Å². The summed E-state index contributed by atoms with van der Waals surface area (Å²) < 4.78 is 45.5. The van der Waals surface area contributed by atoms with E-state index in [1.165, 1.54) is 21.1 Å². The minimum Gasteiger partial charge on any atom is -0.457 e. The van der Waals surface area contributed by atoms with Gasteiger partial charge in [0, 0.05) is 45.9 Å². The lowest BCUT2D eigenvalue weighted by molar-refractivity contribution is 0.484. The Morgan fingerprint density at radius 3 is 1.54 bits per heavy atom. The summed E-state index contributed by atoms with van der Waals surface area (Å²) in [6, 6.07) is 83.8. The number of nitrogens with zero attached hydrogens (tertiary/aromatic N) is 4. The van der Waals surface area contributed by atoms with Gasteiger partial charge < -0.3 is 14.5 Å². The van der Waals surface area contributed by atoms with Crippen molar-refractivity contribution in [3.05, 3.63) is 278 Å². The summed E-state index contributed by atoms with van der Waals surface area (Å²) in [5.74, 6) is 1.71. The van der Waals surface area contributed by atoms with Crippen molar-refractivity contribution in [2.24, 2.45) is 0 Å². The topological polar surface area (TPSA) is 33.5 Å². The predicted molar refractivity (Wildman–Crippen MR) is 339 cm³/mol. The molecule has 0 saturated carbocycles. The fourth-order valence-corrected chi connectivity index (χ4v) is 16.7. The van der Waals surface area contributed by atoms with Crippen LogP contribution in [0.25, 0.3) is 49.9 Å². The average molecular weight is 1060 g/mol. The third kappa shape index (κ3) is 8.96. The van der Waals surface area contributed by atoms with Crippen LogP contribution in [-0.2, 0) is 10.8 Å². The van der Waals surface area contributed by atoms with Crippen molar-refractivity contribution in [3.63, 3.8) is 0 Å². The minimum absolute atomic E-state index is 0.103. The standard InChI is InChI=1S/C74H64N4OSi/c1-73(2,3)54-42-43-75-71(46-54)78-67-37-23-22-36-63(67)64-41-40-57(50-70(64)78)79-58-47-56(48-62(49-58)80(59-30-16-9-17-31-59,60-32-18-10-19-33-60)61-34-20-11-21-35-61)76-51-77(69-39-25-24-38-68(69)76)72-65(52-26-12-7-13-27-52)44-55(74(4,5)6)45-66(72)53-28-14-8-15-29-53/h7-50H,51H2,1-6H3/i22D,23D,36D,37D. The molecule has 0 spiro atoms. The van der Waals surface area contributed by atoms with Crippen LogP contribution in [0.3, 0.4) is 0 Å². The van der Waals surface area contributed by atoms with Crippen molar-refractivity contribution in [1.29, 1.82) is 0 Å². The number of hydrogen-bond donors (Lipinski definition) is 0. The number of anilines is 4. The molecule has 0 N–H and O–H groups in total. The molecule has 0 atom stereocenters. The summed E-state index contributed by atoms with van der Waals surface area (Å²) in [6.45, 7) is 13.8. The number of aromatic nitrogens is 2. The largest absolute Gasteiger partial charge is 0.457 e. The zero-order valence-corrected chi connectivity index (χ0v) is 47.0. The fraction of sp³-hybridized carbons (Fsp3) is 0.122. The van der Waals surface area contributed by atoms with Crippen LogP contribution in [0.1, 0.15) is 58.2 Å². The van der Waals surface area contributed by atoms with Gasteiger partial charge in [0.15, 0.2) is 8.07 Å². The van der Waals surface area contributed by atoms with Gasteiger partial charge in [-0.1, -0.05) is 223 Å². The van der Waals surface area contributed by atoms with Gasteiger partial charge in [-0.15, -0.1) is 0 Å². The zero-order valence-electron chi connectivity index (χ0n) is 50.0. The van der Waals surface area contributed by atoms with Gasteiger partial charge in [0.05, 0.1) is 33.6 Å². The first-order valence-electron chi connectivity index (χ1n) is 29.5. The van der Waals surface area contributed by atoms with Gasteiger partial charge in [-0.2, -0.15) is 0 Å². The SMILES string of the molecule is [2H]c1c([2H])c([2H])c2c(c1[2H])c1ccc(Oc3cc(N4CN(c5c(-c6ccccc6)cc(C(C)(C)C)cc5-c5ccccc5)c5ccccc54)cc([Si](c4ccccc4)(c4ccccc4)c4ccccc4)c3)cc1n2-c1cc(C(C)(C)C)ccn1. The van der Waals surface area contributed by atoms with Gasteiger partial charge in [-0.25, -0.2) is 4.98 Å². The first kappa shape index (κ1) is 45.8. The van der Waals surface area contributed by atoms with E-state index in [0.717, 1.165) is 55.8 Å². The first-order chi connectivity index (χ1) is 40.6. The second kappa shape index (κ2) is 20.2. The Bertz CT molecular complexity index is 4290. The maximum absolute atomic E-state index is 9.35. The first-order valence-corrected chi connectivity index (χ1v) is 29.5. The van der Waals surface area contributed by atoms with Crippen molar-refractivity contribution in [1.82, 2.24) is 9.55 Å². The van der Waals surface area contributed by atoms with Crippen LogP contribution in [0.15, 0.2) is 267 Å². The molecule has 0 fully saturated rings. The predicted octanol–water partition coefficient (Wildman–Crippen LogP) is 16.5. The van der Waals surface area contributed by atoms with E-state index >= 15 is 0 Å². The molecule has 0 bridgehead atoms. The third-order valence-corrected chi connectivity index (χ3v) is 20.6. The Hall–Kier alpha value is -9.23. The van der Waals surface area contributed by atoms with Gasteiger partial charge in [0.25, 0.3) is 0 Å². The molecule has 390 valence electrons. The third-order valence-electron chi connectivity index (χ3n) is 15.9. The van der Waals surface area contributed by atoms with Crippen LogP contribution < -0.4 is 35.3 Å². The van der Waals surface area contributed by atoms with E-state index in [2.05, 4.69) is 258 Å². The quantitative estimate of drug-likeness (QED) is 0.0955. The molecule has 0 aliphatic carbocycles. The van der Waals surface area contributed by atoms with E-state index in [1.807, 2.05) is 34.9 Å². The van der Waals surface area contributed by atoms with Crippen LogP contribution >= 0.6 is 0 Å². The summed E-state index contributed by atoms with van der Waals surface area (Å²) in [5.41, 5.74) is 11.7. The van der Waals surface area contributed by atoms with E-state index in [-0.39, 0.29) is 35.0 Å². The van der Waals surface area contributed by atoms with Crippen molar-refractivity contribution < 1.29 is 10.2 Å². The Morgan fingerprint density at radius 1 is 0.450 bits per heavy atom. The summed E-state index contributed by atoms with van der Waals surface area (Å²) in [6.07, 6.45) is 1.78. The van der Waals surface area contributed by atoms with E-state index < -0.39 is 8.07 Å². The normalized spacial score (nSPS) is 13.5. The van der Waals surface area contributed by atoms with Gasteiger partial charge in [-0.3, -0.25) is 4.57 Å². The summed E-state index contributed by atoms with van der Waals surface area (Å²) >= 11 is 0. The number of ether oxygens (including phenoxy) is 1. The number of benzene rings is 10. The highest BCUT2D eigenvalue weighted by molar-refractivity contribution is 7.20. The van der Waals surface area contributed by atoms with E-state index in [0.29, 0.717) is 45.8 Å². The molecule has 3 heterocycles. The molecule has 5 nitrogen and oxygen atoms in total. The molecule has 12 aromatic rings. The second-order valence-electron chi connectivity index (χ2n) is 22.9. The molecular formula is C74H64N4OSi. The molecule has 10 aromatic carbocycles. The molecular weight excluding hydrogens is 989 g/mol. The van der Waals surface area contributed by atoms with Gasteiger partial charge in [0.2, 0.25) is 0 Å². The van der Waals surface area contributed by atoms with E-state index in [4.69, 9.17) is 12.5 Å². The number of para-hydroxylation sites is 3. The second-order valence-corrected chi connectivity index (χ2v) is 26.8. The molecule has 0 amide bonds. The molecule has 1 aliphatic heterocycles. The van der Waals surface area contributed by atoms with Crippen LogP contribution in [0, 0.1) is 0 Å². The van der Waals surface area contributed by atoms with Gasteiger partial charge in [-0.05, 0) is 121 Å². The zero-order chi connectivity index (χ0) is 58.1. The Kier molecular flexibility index (Phi) is 11.6. The van der Waals surface area contributed by atoms with Crippen molar-refractivity contribution in [2.45, 2.75) is 52.4 Å². The number of fused-ring (bicyclic) bond motifs is 4. The monoisotopic (exact) mass is 1060 g/mol. The minimum atomic E-state index is -3.21. The lowest BCUT2D eigenvalue weighted by Crippen LogP contribution is -2.74. The van der Waals surface area contributed by atoms with Gasteiger partial charge in [0.1, 0.15) is 24.0 Å². The smallest absolute Gasteiger partial charge is 0.179 e. The lowest BCUT2D eigenvalue weighted by Gasteiger charge is -2.35. The van der Waals surface area contributed by atoms with Crippen molar-refractivity contribution in [2.75, 3.05) is 16.5 Å². The Balaban J connectivity index is 1.06. The highest BCUT2D eigenvalue weighted by Gasteiger charge is 2.43. The maximum atomic E-state index is 9.35. The van der Waals surface area contributed by atoms with Crippen molar-refractivity contribution in [3.8, 4) is 39.6 Å². The van der Waals surface area contributed by atoms with Crippen LogP contribution in [0.4, 0.5) is 22.7 Å². The molecule has 2 aromatic heterocycles. The maximum Gasteiger partial charge on any atom is 0.179 e. The molecule has 0 saturated heterocycles. The molecule has 0 radical (unpaired) electrons. The molecule has 80 heavy (non-hydrogen) atoms. The number of hydrogen-bond acceptors (Lipinski definition) is 4. The molecule has 1 aliphatic rings. The number of rotatable bonds is 11. The van der Waals surface area contributed by atoms with E-state index in [9.17, 15) is 2.74 Å². The van der Waals surface area contributed by atoms with Crippen molar-refractivity contribution >= 4 is 73.4 Å². The highest BCUT2D eigenvalue weighted by atomic mass is 28.3. The summed E-state index contributed by atoms with van der Waals surface area (Å²) in [4.78, 5) is 9.82. The Labute approximate surface area is 477 Å². The number of pyridine rings is 1. The van der Waals surface area contributed by atoms with Gasteiger partial charge >= 0.3 is 0 Å². The Morgan fingerprint density at radius 2 is 0.975 bits per heavy atom. The fourth-order valence-electron chi connectivity index (χ4n) is 11.9. The molecule has 6 heteroatoms. The van der Waals surface area contributed by atoms with Crippen LogP contribution in [0.2, 0.25) is 0 Å². The lowest BCUT2D eigenvalue weighted by atomic mass is 9.82. The summed E-state index contributed by atoms with van der Waals surface area (Å²) in [7, 11) is -3.21. The highest BCUT2D eigenvalue weighted by Crippen LogP contribution is 2.52.